The quantitative estimate of drug-likeness (QED) is 0.252. The van der Waals surface area contributed by atoms with Gasteiger partial charge < -0.3 is 4.74 Å². The Balaban J connectivity index is 1.38. The first-order valence-corrected chi connectivity index (χ1v) is 12.6. The molecular formula is C30H24ClNO2S. The zero-order chi connectivity index (χ0) is 24.2. The third-order valence-corrected chi connectivity index (χ3v) is 7.30. The molecule has 5 rings (SSSR count). The fourth-order valence-corrected chi connectivity index (χ4v) is 5.29. The number of rotatable bonds is 6. The van der Waals surface area contributed by atoms with Crippen molar-refractivity contribution in [3.8, 4) is 5.75 Å². The van der Waals surface area contributed by atoms with E-state index in [1.54, 1.807) is 11.8 Å². The van der Waals surface area contributed by atoms with Crippen molar-refractivity contribution in [2.45, 2.75) is 18.9 Å². The lowest BCUT2D eigenvalue weighted by molar-refractivity contribution is -0.114. The summed E-state index contributed by atoms with van der Waals surface area (Å²) in [5, 5.41) is 0.512. The van der Waals surface area contributed by atoms with E-state index < -0.39 is 0 Å². The van der Waals surface area contributed by atoms with E-state index in [1.807, 2.05) is 121 Å². The monoisotopic (exact) mass is 497 g/mol. The molecule has 1 heterocycles. The third kappa shape index (κ3) is 5.45. The molecule has 0 aliphatic carbocycles. The lowest BCUT2D eigenvalue weighted by Crippen LogP contribution is -2.27. The summed E-state index contributed by atoms with van der Waals surface area (Å²) >= 11 is 7.67. The summed E-state index contributed by atoms with van der Waals surface area (Å²) in [7, 11) is 0. The number of ether oxygens (including phenoxy) is 1. The van der Waals surface area contributed by atoms with Gasteiger partial charge in [0.05, 0.1) is 4.91 Å². The van der Waals surface area contributed by atoms with Crippen LogP contribution in [0.2, 0.25) is 5.02 Å². The van der Waals surface area contributed by atoms with Crippen molar-refractivity contribution < 1.29 is 9.53 Å². The molecule has 3 nitrogen and oxygen atoms in total. The smallest absolute Gasteiger partial charge is 0.266 e. The van der Waals surface area contributed by atoms with E-state index in [0.29, 0.717) is 16.5 Å². The van der Waals surface area contributed by atoms with Gasteiger partial charge in [0.15, 0.2) is 0 Å². The molecule has 1 atom stereocenters. The van der Waals surface area contributed by atoms with Crippen LogP contribution in [0.25, 0.3) is 6.08 Å². The lowest BCUT2D eigenvalue weighted by Gasteiger charge is -2.24. The molecule has 1 aliphatic rings. The first-order valence-electron chi connectivity index (χ1n) is 11.4. The van der Waals surface area contributed by atoms with Crippen LogP contribution in [-0.4, -0.2) is 5.91 Å². The van der Waals surface area contributed by atoms with Crippen molar-refractivity contribution in [2.24, 2.45) is 0 Å². The summed E-state index contributed by atoms with van der Waals surface area (Å²) in [4.78, 5) is 16.1. The summed E-state index contributed by atoms with van der Waals surface area (Å²) < 4.78 is 5.90. The zero-order valence-corrected chi connectivity index (χ0v) is 20.8. The number of nitrogens with zero attached hydrogens (tertiary/aromatic N) is 1. The molecule has 0 saturated carbocycles. The predicted molar refractivity (Wildman–Crippen MR) is 146 cm³/mol. The van der Waals surface area contributed by atoms with Gasteiger partial charge in [0, 0.05) is 10.7 Å². The van der Waals surface area contributed by atoms with Crippen molar-refractivity contribution in [1.29, 1.82) is 0 Å². The van der Waals surface area contributed by atoms with Crippen LogP contribution in [0.1, 0.15) is 27.6 Å². The number of halogens is 1. The molecule has 0 bridgehead atoms. The number of carbonyl (C=O) groups excluding carboxylic acids is 1. The molecule has 0 N–H and O–H groups in total. The molecule has 1 fully saturated rings. The van der Waals surface area contributed by atoms with Crippen LogP contribution < -0.4 is 9.64 Å². The van der Waals surface area contributed by atoms with Crippen molar-refractivity contribution in [3.05, 3.63) is 135 Å². The van der Waals surface area contributed by atoms with Crippen LogP contribution in [0.15, 0.2) is 108 Å². The van der Waals surface area contributed by atoms with Crippen LogP contribution in [-0.2, 0) is 11.4 Å². The van der Waals surface area contributed by atoms with Crippen molar-refractivity contribution in [1.82, 2.24) is 0 Å². The number of thioether (sulfide) groups is 1. The largest absolute Gasteiger partial charge is 0.489 e. The molecule has 1 saturated heterocycles. The van der Waals surface area contributed by atoms with E-state index >= 15 is 0 Å². The summed E-state index contributed by atoms with van der Waals surface area (Å²) in [6, 6.07) is 33.7. The van der Waals surface area contributed by atoms with Gasteiger partial charge in [0.1, 0.15) is 17.7 Å². The Morgan fingerprint density at radius 3 is 2.26 bits per heavy atom. The number of hydrogen-bond donors (Lipinski definition) is 0. The maximum atomic E-state index is 13.6. The van der Waals surface area contributed by atoms with E-state index in [9.17, 15) is 4.79 Å². The van der Waals surface area contributed by atoms with Gasteiger partial charge >= 0.3 is 0 Å². The zero-order valence-electron chi connectivity index (χ0n) is 19.2. The Kier molecular flexibility index (Phi) is 6.94. The Morgan fingerprint density at radius 1 is 0.886 bits per heavy atom. The molecule has 1 unspecified atom stereocenters. The first kappa shape index (κ1) is 23.3. The van der Waals surface area contributed by atoms with Gasteiger partial charge in [-0.05, 0) is 66.1 Å². The SMILES string of the molecule is Cc1ccc(N2C(=O)C(=Cc3ccc(OCc4ccccc4)cc3)SC2c2ccc(Cl)cc2)cc1. The number of aryl methyl sites for hydroxylation is 1. The average Bonchev–Trinajstić information content (AvgIpc) is 3.21. The number of benzene rings is 4. The molecular weight excluding hydrogens is 474 g/mol. The molecule has 5 heteroatoms. The van der Waals surface area contributed by atoms with Crippen LogP contribution in [0, 0.1) is 6.92 Å². The van der Waals surface area contributed by atoms with Crippen LogP contribution in [0.3, 0.4) is 0 Å². The molecule has 35 heavy (non-hydrogen) atoms. The molecule has 4 aromatic carbocycles. The highest BCUT2D eigenvalue weighted by Crippen LogP contribution is 2.48. The summed E-state index contributed by atoms with van der Waals surface area (Å²) in [5.41, 5.74) is 5.13. The second kappa shape index (κ2) is 10.4. The molecule has 174 valence electrons. The van der Waals surface area contributed by atoms with Crippen molar-refractivity contribution in [3.63, 3.8) is 0 Å². The van der Waals surface area contributed by atoms with E-state index in [1.165, 1.54) is 0 Å². The maximum Gasteiger partial charge on any atom is 0.266 e. The van der Waals surface area contributed by atoms with E-state index in [4.69, 9.17) is 16.3 Å². The molecule has 0 radical (unpaired) electrons. The van der Waals surface area contributed by atoms with Crippen molar-refractivity contribution in [2.75, 3.05) is 4.90 Å². The second-order valence-corrected chi connectivity index (χ2v) is 9.94. The molecule has 0 aromatic heterocycles. The highest BCUT2D eigenvalue weighted by Gasteiger charge is 2.38. The Labute approximate surface area is 215 Å². The van der Waals surface area contributed by atoms with Gasteiger partial charge in [0.25, 0.3) is 5.91 Å². The van der Waals surface area contributed by atoms with E-state index in [-0.39, 0.29) is 11.3 Å². The molecule has 4 aromatic rings. The minimum absolute atomic E-state index is 0.0109. The summed E-state index contributed by atoms with van der Waals surface area (Å²) in [6.07, 6.45) is 1.95. The van der Waals surface area contributed by atoms with Gasteiger partial charge in [-0.2, -0.15) is 0 Å². The topological polar surface area (TPSA) is 29.5 Å². The van der Waals surface area contributed by atoms with E-state index in [0.717, 1.165) is 33.7 Å². The van der Waals surface area contributed by atoms with Gasteiger partial charge in [-0.3, -0.25) is 9.69 Å². The fraction of sp³-hybridized carbons (Fsp3) is 0.100. The van der Waals surface area contributed by atoms with Crippen LogP contribution >= 0.6 is 23.4 Å². The minimum atomic E-state index is -0.165. The Morgan fingerprint density at radius 2 is 1.57 bits per heavy atom. The Hall–Kier alpha value is -3.47. The highest BCUT2D eigenvalue weighted by atomic mass is 35.5. The van der Waals surface area contributed by atoms with Crippen LogP contribution in [0.5, 0.6) is 5.75 Å². The standard InChI is InChI=1S/C30H24ClNO2S/c1-21-7-15-26(16-8-21)32-29(33)28(35-30(32)24-11-13-25(31)14-12-24)19-22-9-17-27(18-10-22)34-20-23-5-3-2-4-6-23/h2-19,30H,20H2,1H3. The number of anilines is 1. The summed E-state index contributed by atoms with van der Waals surface area (Å²) in [5.74, 6) is 0.782. The predicted octanol–water partition coefficient (Wildman–Crippen LogP) is 8.05. The lowest BCUT2D eigenvalue weighted by atomic mass is 10.1. The second-order valence-electron chi connectivity index (χ2n) is 8.38. The van der Waals surface area contributed by atoms with Gasteiger partial charge in [-0.1, -0.05) is 95.7 Å². The van der Waals surface area contributed by atoms with E-state index in [2.05, 4.69) is 0 Å². The number of hydrogen-bond acceptors (Lipinski definition) is 3. The normalized spacial score (nSPS) is 16.6. The highest BCUT2D eigenvalue weighted by molar-refractivity contribution is 8.05. The number of amides is 1. The third-order valence-electron chi connectivity index (χ3n) is 5.80. The molecule has 0 spiro atoms. The maximum absolute atomic E-state index is 13.6. The van der Waals surface area contributed by atoms with Gasteiger partial charge in [-0.25, -0.2) is 0 Å². The van der Waals surface area contributed by atoms with Crippen LogP contribution in [0.4, 0.5) is 5.69 Å². The molecule has 1 aliphatic heterocycles. The first-order chi connectivity index (χ1) is 17.1. The van der Waals surface area contributed by atoms with Gasteiger partial charge in [-0.15, -0.1) is 0 Å². The Bertz CT molecular complexity index is 1330. The fourth-order valence-electron chi connectivity index (χ4n) is 3.90. The van der Waals surface area contributed by atoms with Crippen molar-refractivity contribution >= 4 is 41.0 Å². The minimum Gasteiger partial charge on any atom is -0.489 e. The average molecular weight is 498 g/mol. The van der Waals surface area contributed by atoms with Gasteiger partial charge in [0.2, 0.25) is 0 Å². The molecule has 1 amide bonds. The number of carbonyl (C=O) groups is 1. The summed E-state index contributed by atoms with van der Waals surface area (Å²) in [6.45, 7) is 2.56.